The fourth-order valence-electron chi connectivity index (χ4n) is 5.79. The maximum Gasteiger partial charge on any atom is 0.270 e. The monoisotopic (exact) mass is 623 g/mol. The third-order valence-electron chi connectivity index (χ3n) is 7.83. The van der Waals surface area contributed by atoms with Crippen molar-refractivity contribution < 1.29 is 13.2 Å². The van der Waals surface area contributed by atoms with Gasteiger partial charge in [-0.25, -0.2) is 23.4 Å². The number of carbonyl (C=O) groups is 1. The highest BCUT2D eigenvalue weighted by Crippen LogP contribution is 2.27. The summed E-state index contributed by atoms with van der Waals surface area (Å²) in [5, 5.41) is 5.09. The maximum atomic E-state index is 13.4. The summed E-state index contributed by atoms with van der Waals surface area (Å²) in [6.45, 7) is 6.63. The van der Waals surface area contributed by atoms with E-state index in [0.717, 1.165) is 38.8 Å². The van der Waals surface area contributed by atoms with E-state index < -0.39 is 10.0 Å². The first-order chi connectivity index (χ1) is 21.7. The second kappa shape index (κ2) is 11.4. The number of para-hydroxylation sites is 1. The molecule has 0 saturated carbocycles. The van der Waals surface area contributed by atoms with Gasteiger partial charge < -0.3 is 25.1 Å². The van der Waals surface area contributed by atoms with Gasteiger partial charge in [-0.1, -0.05) is 18.2 Å². The fraction of sp³-hybridized carbons (Fsp3) is 0.250. The molecule has 0 aliphatic carbocycles. The Balaban J connectivity index is 1.02. The van der Waals surface area contributed by atoms with E-state index in [1.165, 1.54) is 0 Å². The van der Waals surface area contributed by atoms with Crippen molar-refractivity contribution >= 4 is 66.0 Å². The van der Waals surface area contributed by atoms with E-state index >= 15 is 0 Å². The van der Waals surface area contributed by atoms with Crippen molar-refractivity contribution in [2.75, 3.05) is 41.1 Å². The molecule has 6 aromatic rings. The average Bonchev–Trinajstić information content (AvgIpc) is 3.61. The van der Waals surface area contributed by atoms with Crippen LogP contribution in [0, 0.1) is 0 Å². The number of piperazine rings is 1. The minimum Gasteiger partial charge on any atom is -0.380 e. The van der Waals surface area contributed by atoms with Gasteiger partial charge in [0.1, 0.15) is 17.3 Å². The topological polar surface area (TPSA) is 152 Å². The Morgan fingerprint density at radius 2 is 1.76 bits per heavy atom. The number of hydrogen-bond acceptors (Lipinski definition) is 8. The van der Waals surface area contributed by atoms with Crippen LogP contribution in [0.3, 0.4) is 0 Å². The molecular weight excluding hydrogens is 590 g/mol. The molecule has 0 bridgehead atoms. The molecule has 0 unspecified atom stereocenters. The van der Waals surface area contributed by atoms with Crippen molar-refractivity contribution in [3.05, 3.63) is 84.6 Å². The standard InChI is InChI=1S/C32H33N9O3S/c1-20(2)35-26-8-5-11-33-31(26)40-12-14-41(15-13-40)32(42)27-17-21-16-22(9-10-24(21)36-27)39-45(43,44)19-29-34-18-28-30(38-29)23-6-3-4-7-25(23)37-28/h3-11,16-18,20,35-37,39H,12-15,19H2,1-2H3. The Hall–Kier alpha value is -5.17. The molecule has 5 heterocycles. The lowest BCUT2D eigenvalue weighted by Gasteiger charge is -2.36. The van der Waals surface area contributed by atoms with Crippen LogP contribution < -0.4 is 14.9 Å². The zero-order valence-electron chi connectivity index (χ0n) is 24.9. The number of nitrogens with zero attached hydrogens (tertiary/aromatic N) is 5. The van der Waals surface area contributed by atoms with Crippen LogP contribution in [0.5, 0.6) is 0 Å². The Kier molecular flexibility index (Phi) is 7.24. The zero-order chi connectivity index (χ0) is 31.1. The maximum absolute atomic E-state index is 13.4. The van der Waals surface area contributed by atoms with Crippen molar-refractivity contribution in [3.63, 3.8) is 0 Å². The number of amides is 1. The third-order valence-corrected chi connectivity index (χ3v) is 9.02. The van der Waals surface area contributed by atoms with Gasteiger partial charge in [-0.2, -0.15) is 0 Å². The van der Waals surface area contributed by atoms with Crippen LogP contribution in [0.2, 0.25) is 0 Å². The second-order valence-electron chi connectivity index (χ2n) is 11.5. The summed E-state index contributed by atoms with van der Waals surface area (Å²) < 4.78 is 28.8. The van der Waals surface area contributed by atoms with Crippen LogP contribution in [0.15, 0.2) is 73.1 Å². The summed E-state index contributed by atoms with van der Waals surface area (Å²) in [6, 6.07) is 18.8. The molecule has 0 atom stereocenters. The number of fused-ring (bicyclic) bond motifs is 4. The molecule has 1 aliphatic rings. The highest BCUT2D eigenvalue weighted by molar-refractivity contribution is 7.91. The first-order valence-corrected chi connectivity index (χ1v) is 16.5. The number of hydrogen-bond donors (Lipinski definition) is 4. The number of aromatic amines is 2. The molecule has 4 aromatic heterocycles. The number of sulfonamides is 1. The summed E-state index contributed by atoms with van der Waals surface area (Å²) in [5.74, 6) is 0.617. The van der Waals surface area contributed by atoms with Crippen LogP contribution in [-0.4, -0.2) is 76.4 Å². The number of aromatic nitrogens is 5. The van der Waals surface area contributed by atoms with E-state index in [-0.39, 0.29) is 23.5 Å². The highest BCUT2D eigenvalue weighted by atomic mass is 32.2. The summed E-state index contributed by atoms with van der Waals surface area (Å²) in [7, 11) is -3.81. The minimum atomic E-state index is -3.81. The van der Waals surface area contributed by atoms with Crippen molar-refractivity contribution in [1.82, 2.24) is 29.8 Å². The molecular formula is C32H33N9O3S. The largest absolute Gasteiger partial charge is 0.380 e. The smallest absolute Gasteiger partial charge is 0.270 e. The summed E-state index contributed by atoms with van der Waals surface area (Å²) in [5.41, 5.74) is 4.92. The summed E-state index contributed by atoms with van der Waals surface area (Å²) >= 11 is 0. The molecule has 1 amide bonds. The quantitative estimate of drug-likeness (QED) is 0.190. The molecule has 2 aromatic carbocycles. The molecule has 0 radical (unpaired) electrons. The van der Waals surface area contributed by atoms with Gasteiger partial charge in [0.15, 0.2) is 5.82 Å². The number of nitrogens with one attached hydrogen (secondary N) is 4. The normalized spacial score (nSPS) is 14.1. The Labute approximate surface area is 259 Å². The molecule has 0 spiro atoms. The predicted molar refractivity (Wildman–Crippen MR) is 177 cm³/mol. The number of rotatable bonds is 8. The number of carbonyl (C=O) groups excluding carboxylic acids is 1. The van der Waals surface area contributed by atoms with Crippen molar-refractivity contribution in [2.24, 2.45) is 0 Å². The predicted octanol–water partition coefficient (Wildman–Crippen LogP) is 4.71. The van der Waals surface area contributed by atoms with E-state index in [1.54, 1.807) is 36.7 Å². The molecule has 12 nitrogen and oxygen atoms in total. The molecule has 1 saturated heterocycles. The molecule has 230 valence electrons. The lowest BCUT2D eigenvalue weighted by Crippen LogP contribution is -2.49. The van der Waals surface area contributed by atoms with Gasteiger partial charge in [0.25, 0.3) is 5.91 Å². The van der Waals surface area contributed by atoms with Crippen LogP contribution >= 0.6 is 0 Å². The SMILES string of the molecule is CC(C)Nc1cccnc1N1CCN(C(=O)c2cc3cc(NS(=O)(=O)Cc4ncc5[nH]c6ccccc6c5n4)ccc3[nH]2)CC1. The van der Waals surface area contributed by atoms with E-state index in [1.807, 2.05) is 41.3 Å². The number of benzene rings is 2. The average molecular weight is 624 g/mol. The minimum absolute atomic E-state index is 0.0978. The third kappa shape index (κ3) is 5.86. The van der Waals surface area contributed by atoms with Gasteiger partial charge >= 0.3 is 0 Å². The Morgan fingerprint density at radius 3 is 2.58 bits per heavy atom. The number of H-pyrrole nitrogens is 2. The fourth-order valence-corrected chi connectivity index (χ4v) is 6.83. The van der Waals surface area contributed by atoms with E-state index in [4.69, 9.17) is 0 Å². The Bertz CT molecular complexity index is 2150. The van der Waals surface area contributed by atoms with E-state index in [0.29, 0.717) is 43.1 Å². The highest BCUT2D eigenvalue weighted by Gasteiger charge is 2.25. The van der Waals surface area contributed by atoms with E-state index in [9.17, 15) is 13.2 Å². The van der Waals surface area contributed by atoms with Crippen LogP contribution in [-0.2, 0) is 15.8 Å². The summed E-state index contributed by atoms with van der Waals surface area (Å²) in [4.78, 5) is 37.3. The lowest BCUT2D eigenvalue weighted by molar-refractivity contribution is 0.0741. The van der Waals surface area contributed by atoms with Gasteiger partial charge in [-0.15, -0.1) is 0 Å². The van der Waals surface area contributed by atoms with Gasteiger partial charge in [0.2, 0.25) is 10.0 Å². The van der Waals surface area contributed by atoms with Crippen LogP contribution in [0.25, 0.3) is 32.8 Å². The second-order valence-corrected chi connectivity index (χ2v) is 13.2. The van der Waals surface area contributed by atoms with Gasteiger partial charge in [-0.05, 0) is 56.3 Å². The molecule has 7 rings (SSSR count). The van der Waals surface area contributed by atoms with Gasteiger partial charge in [-0.3, -0.25) is 9.52 Å². The van der Waals surface area contributed by atoms with Crippen molar-refractivity contribution in [3.8, 4) is 0 Å². The molecule has 1 fully saturated rings. The lowest BCUT2D eigenvalue weighted by atomic mass is 10.2. The molecule has 13 heteroatoms. The Morgan fingerprint density at radius 1 is 0.933 bits per heavy atom. The van der Waals surface area contributed by atoms with Gasteiger partial charge in [0.05, 0.1) is 22.9 Å². The molecule has 45 heavy (non-hydrogen) atoms. The summed E-state index contributed by atoms with van der Waals surface area (Å²) in [6.07, 6.45) is 3.40. The first-order valence-electron chi connectivity index (χ1n) is 14.8. The zero-order valence-corrected chi connectivity index (χ0v) is 25.7. The van der Waals surface area contributed by atoms with Crippen molar-refractivity contribution in [1.29, 1.82) is 0 Å². The van der Waals surface area contributed by atoms with Crippen LogP contribution in [0.4, 0.5) is 17.2 Å². The molecule has 4 N–H and O–H groups in total. The van der Waals surface area contributed by atoms with E-state index in [2.05, 4.69) is 53.7 Å². The number of anilines is 3. The van der Waals surface area contributed by atoms with Crippen molar-refractivity contribution in [2.45, 2.75) is 25.6 Å². The first kappa shape index (κ1) is 28.6. The van der Waals surface area contributed by atoms with Gasteiger partial charge in [0, 0.05) is 65.9 Å². The van der Waals surface area contributed by atoms with Crippen LogP contribution in [0.1, 0.15) is 30.2 Å². The number of pyridine rings is 1. The molecule has 1 aliphatic heterocycles.